The van der Waals surface area contributed by atoms with E-state index in [1.54, 1.807) is 6.92 Å². The van der Waals surface area contributed by atoms with Crippen LogP contribution in [0.5, 0.6) is 0 Å². The molecule has 1 fully saturated rings. The first-order valence-electron chi connectivity index (χ1n) is 9.38. The number of nitrogens with zero attached hydrogens (tertiary/aromatic N) is 4. The molecule has 1 aliphatic heterocycles. The van der Waals surface area contributed by atoms with Crippen LogP contribution in [0.1, 0.15) is 30.9 Å². The Balaban J connectivity index is 2.11. The van der Waals surface area contributed by atoms with Crippen molar-refractivity contribution in [3.05, 3.63) is 62.0 Å². The van der Waals surface area contributed by atoms with E-state index in [1.165, 1.54) is 22.8 Å². The molecule has 2 N–H and O–H groups in total. The molecular formula is C21H22FN5O2. The third kappa shape index (κ3) is 4.39. The fraction of sp³-hybridized carbons (Fsp3) is 0.381. The largest absolute Gasteiger partial charge is 0.356 e. The minimum atomic E-state index is -0.553. The van der Waals surface area contributed by atoms with E-state index in [9.17, 15) is 19.2 Å². The molecule has 3 rings (SSSR count). The zero-order valence-corrected chi connectivity index (χ0v) is 16.2. The van der Waals surface area contributed by atoms with Crippen molar-refractivity contribution in [1.82, 2.24) is 9.13 Å². The third-order valence-corrected chi connectivity index (χ3v) is 4.97. The number of hydrogen-bond donors (Lipinski definition) is 1. The monoisotopic (exact) mass is 395 g/mol. The number of hydrogen-bond acceptors (Lipinski definition) is 5. The maximum Gasteiger partial charge on any atom is 0.333 e. The molecule has 1 aromatic heterocycles. The predicted molar refractivity (Wildman–Crippen MR) is 108 cm³/mol. The van der Waals surface area contributed by atoms with Gasteiger partial charge in [-0.05, 0) is 43.5 Å². The molecule has 1 atom stereocenters. The normalized spacial score (nSPS) is 16.1. The average Bonchev–Trinajstić information content (AvgIpc) is 2.70. The standard InChI is InChI=1S/C21H22FN5O2/c1-2-3-9-26-19(25-8-4-5-18(24)14-25)11-20(28)27(21(26)29)13-16-10-17(22)7-6-15(16)12-23/h6-7,10-11,18H,4-5,8-9,13-14,24H2,1H3/t18-/m1/s1. The van der Waals surface area contributed by atoms with Gasteiger partial charge in [0, 0.05) is 25.2 Å². The Morgan fingerprint density at radius 1 is 1.28 bits per heavy atom. The van der Waals surface area contributed by atoms with Crippen LogP contribution in [0.3, 0.4) is 0 Å². The molecule has 7 nitrogen and oxygen atoms in total. The van der Waals surface area contributed by atoms with Crippen LogP contribution in [0.4, 0.5) is 10.2 Å². The zero-order chi connectivity index (χ0) is 21.0. The van der Waals surface area contributed by atoms with Crippen molar-refractivity contribution in [2.24, 2.45) is 5.73 Å². The van der Waals surface area contributed by atoms with Crippen molar-refractivity contribution in [3.63, 3.8) is 0 Å². The number of nitrogens with two attached hydrogens (primary N) is 1. The highest BCUT2D eigenvalue weighted by Crippen LogP contribution is 2.17. The summed E-state index contributed by atoms with van der Waals surface area (Å²) in [5.74, 6) is 5.57. The molecule has 150 valence electrons. The molecule has 2 heterocycles. The first-order valence-corrected chi connectivity index (χ1v) is 9.38. The lowest BCUT2D eigenvalue weighted by molar-refractivity contribution is 0.491. The molecular weight excluding hydrogens is 373 g/mol. The van der Waals surface area contributed by atoms with Crippen molar-refractivity contribution >= 4 is 5.82 Å². The Bertz CT molecular complexity index is 1130. The summed E-state index contributed by atoms with van der Waals surface area (Å²) in [6.45, 7) is 2.83. The van der Waals surface area contributed by atoms with Crippen LogP contribution in [0, 0.1) is 29.0 Å². The molecule has 0 bridgehead atoms. The summed E-state index contributed by atoms with van der Waals surface area (Å²) >= 11 is 0. The van der Waals surface area contributed by atoms with E-state index in [-0.39, 0.29) is 30.3 Å². The average molecular weight is 395 g/mol. The van der Waals surface area contributed by atoms with E-state index >= 15 is 0 Å². The van der Waals surface area contributed by atoms with Gasteiger partial charge < -0.3 is 10.6 Å². The second-order valence-electron chi connectivity index (χ2n) is 6.98. The van der Waals surface area contributed by atoms with Gasteiger partial charge in [-0.1, -0.05) is 5.92 Å². The molecule has 29 heavy (non-hydrogen) atoms. The van der Waals surface area contributed by atoms with Gasteiger partial charge in [-0.15, -0.1) is 5.92 Å². The lowest BCUT2D eigenvalue weighted by Crippen LogP contribution is -2.48. The van der Waals surface area contributed by atoms with Gasteiger partial charge in [-0.2, -0.15) is 5.26 Å². The van der Waals surface area contributed by atoms with Gasteiger partial charge in [0.25, 0.3) is 5.56 Å². The lowest BCUT2D eigenvalue weighted by atomic mass is 10.1. The molecule has 1 aromatic carbocycles. The summed E-state index contributed by atoms with van der Waals surface area (Å²) in [6.07, 6.45) is 1.76. The summed E-state index contributed by atoms with van der Waals surface area (Å²) in [6, 6.07) is 6.99. The molecule has 8 heteroatoms. The molecule has 0 unspecified atom stereocenters. The molecule has 0 radical (unpaired) electrons. The lowest BCUT2D eigenvalue weighted by Gasteiger charge is -2.33. The van der Waals surface area contributed by atoms with Gasteiger partial charge in [0.05, 0.1) is 24.7 Å². The highest BCUT2D eigenvalue weighted by Gasteiger charge is 2.22. The molecule has 2 aromatic rings. The van der Waals surface area contributed by atoms with Gasteiger partial charge >= 0.3 is 5.69 Å². The first-order chi connectivity index (χ1) is 13.9. The Labute approximate surface area is 167 Å². The smallest absolute Gasteiger partial charge is 0.333 e. The number of nitriles is 1. The Kier molecular flexibility index (Phi) is 6.16. The van der Waals surface area contributed by atoms with E-state index in [0.717, 1.165) is 23.5 Å². The zero-order valence-electron chi connectivity index (χ0n) is 16.2. The summed E-state index contributed by atoms with van der Waals surface area (Å²) in [5, 5.41) is 9.26. The number of aromatic nitrogens is 2. The molecule has 0 amide bonds. The molecule has 0 saturated carbocycles. The van der Waals surface area contributed by atoms with Crippen LogP contribution < -0.4 is 21.9 Å². The maximum absolute atomic E-state index is 13.7. The third-order valence-electron chi connectivity index (χ3n) is 4.97. The van der Waals surface area contributed by atoms with E-state index < -0.39 is 17.1 Å². The summed E-state index contributed by atoms with van der Waals surface area (Å²) in [4.78, 5) is 27.9. The van der Waals surface area contributed by atoms with Crippen LogP contribution in [0.25, 0.3) is 0 Å². The number of rotatable bonds is 4. The van der Waals surface area contributed by atoms with E-state index in [2.05, 4.69) is 11.8 Å². The molecule has 1 saturated heterocycles. The van der Waals surface area contributed by atoms with Gasteiger partial charge in [-0.3, -0.25) is 13.9 Å². The number of benzene rings is 1. The van der Waals surface area contributed by atoms with Crippen LogP contribution in [0.2, 0.25) is 0 Å². The van der Waals surface area contributed by atoms with Crippen molar-refractivity contribution in [1.29, 1.82) is 5.26 Å². The fourth-order valence-corrected chi connectivity index (χ4v) is 3.51. The highest BCUT2D eigenvalue weighted by atomic mass is 19.1. The fourth-order valence-electron chi connectivity index (χ4n) is 3.51. The van der Waals surface area contributed by atoms with E-state index in [4.69, 9.17) is 5.73 Å². The SMILES string of the molecule is CC#CCn1c(N2CCC[C@@H](N)C2)cc(=O)n(Cc2cc(F)ccc2C#N)c1=O. The topological polar surface area (TPSA) is 97.0 Å². The Morgan fingerprint density at radius 2 is 2.07 bits per heavy atom. The quantitative estimate of drug-likeness (QED) is 0.780. The second-order valence-corrected chi connectivity index (χ2v) is 6.98. The summed E-state index contributed by atoms with van der Waals surface area (Å²) in [5.41, 5.74) is 5.47. The molecule has 0 aliphatic carbocycles. The first kappa shape index (κ1) is 20.4. The predicted octanol–water partition coefficient (Wildman–Crippen LogP) is 1.02. The Morgan fingerprint density at radius 3 is 2.76 bits per heavy atom. The van der Waals surface area contributed by atoms with Gasteiger partial charge in [-0.25, -0.2) is 9.18 Å². The minimum absolute atomic E-state index is 0.0301. The molecule has 0 spiro atoms. The van der Waals surface area contributed by atoms with Gasteiger partial charge in [0.2, 0.25) is 0 Å². The number of anilines is 1. The van der Waals surface area contributed by atoms with E-state index in [1.807, 2.05) is 11.0 Å². The van der Waals surface area contributed by atoms with Crippen LogP contribution in [0.15, 0.2) is 33.9 Å². The summed E-state index contributed by atoms with van der Waals surface area (Å²) < 4.78 is 16.1. The summed E-state index contributed by atoms with van der Waals surface area (Å²) in [7, 11) is 0. The van der Waals surface area contributed by atoms with Crippen molar-refractivity contribution in [3.8, 4) is 17.9 Å². The highest BCUT2D eigenvalue weighted by molar-refractivity contribution is 5.41. The number of piperidine rings is 1. The molecule has 1 aliphatic rings. The van der Waals surface area contributed by atoms with Gasteiger partial charge in [0.15, 0.2) is 0 Å². The van der Waals surface area contributed by atoms with Crippen LogP contribution in [-0.2, 0) is 13.1 Å². The van der Waals surface area contributed by atoms with E-state index in [0.29, 0.717) is 18.9 Å². The van der Waals surface area contributed by atoms with Crippen molar-refractivity contribution in [2.45, 2.75) is 38.9 Å². The minimum Gasteiger partial charge on any atom is -0.356 e. The van der Waals surface area contributed by atoms with Crippen molar-refractivity contribution < 1.29 is 4.39 Å². The number of halogens is 1. The van der Waals surface area contributed by atoms with Crippen LogP contribution >= 0.6 is 0 Å². The van der Waals surface area contributed by atoms with Crippen molar-refractivity contribution in [2.75, 3.05) is 18.0 Å². The van der Waals surface area contributed by atoms with Gasteiger partial charge in [0.1, 0.15) is 11.6 Å². The maximum atomic E-state index is 13.7. The second kappa shape index (κ2) is 8.76. The van der Waals surface area contributed by atoms with Crippen LogP contribution in [-0.4, -0.2) is 28.3 Å². The Hall–Kier alpha value is -3.36.